The summed E-state index contributed by atoms with van der Waals surface area (Å²) < 4.78 is 111. The second-order valence-corrected chi connectivity index (χ2v) is 4.99. The quantitative estimate of drug-likeness (QED) is 0.630. The van der Waals surface area contributed by atoms with Crippen molar-refractivity contribution in [3.8, 4) is 0 Å². The molecule has 1 aromatic rings. The first-order valence-electron chi connectivity index (χ1n) is 4.64. The fourth-order valence-electron chi connectivity index (χ4n) is 0.990. The van der Waals surface area contributed by atoms with Crippen molar-refractivity contribution in [1.82, 2.24) is 0 Å². The number of alkyl halides is 7. The maximum atomic E-state index is 12.8. The minimum atomic E-state index is -6.68. The molecule has 0 aliphatic heterocycles. The van der Waals surface area contributed by atoms with Crippen LogP contribution in [0.15, 0.2) is 35.2 Å². The molecule has 114 valence electrons. The number of hydrogen-bond donors (Lipinski definition) is 0. The second kappa shape index (κ2) is 4.88. The van der Waals surface area contributed by atoms with Gasteiger partial charge in [-0.15, -0.1) is 0 Å². The van der Waals surface area contributed by atoms with E-state index in [0.29, 0.717) is 12.1 Å². The van der Waals surface area contributed by atoms with E-state index in [4.69, 9.17) is 0 Å². The average Bonchev–Trinajstić information content (AvgIpc) is 2.27. The van der Waals surface area contributed by atoms with Gasteiger partial charge in [-0.3, -0.25) is 0 Å². The minimum absolute atomic E-state index is 0.692. The Morgan fingerprint density at radius 3 is 1.70 bits per heavy atom. The van der Waals surface area contributed by atoms with Gasteiger partial charge in [0.15, 0.2) is 0 Å². The zero-order valence-corrected chi connectivity index (χ0v) is 9.98. The molecule has 0 bridgehead atoms. The van der Waals surface area contributed by atoms with Crippen molar-refractivity contribution in [3.05, 3.63) is 30.3 Å². The summed E-state index contributed by atoms with van der Waals surface area (Å²) in [6.45, 7) is 0. The topological polar surface area (TPSA) is 43.4 Å². The molecule has 0 radical (unpaired) electrons. The van der Waals surface area contributed by atoms with Gasteiger partial charge in [-0.1, -0.05) is 18.2 Å². The van der Waals surface area contributed by atoms with Crippen LogP contribution in [0, 0.1) is 0 Å². The van der Waals surface area contributed by atoms with Crippen LogP contribution in [-0.2, 0) is 14.3 Å². The normalized spacial score (nSPS) is 14.3. The Morgan fingerprint density at radius 2 is 1.30 bits per heavy atom. The van der Waals surface area contributed by atoms with E-state index >= 15 is 0 Å². The van der Waals surface area contributed by atoms with E-state index in [1.165, 1.54) is 6.07 Å². The van der Waals surface area contributed by atoms with Gasteiger partial charge < -0.3 is 0 Å². The maximum absolute atomic E-state index is 12.8. The Balaban J connectivity index is 3.15. The third-order valence-electron chi connectivity index (χ3n) is 1.97. The van der Waals surface area contributed by atoms with Gasteiger partial charge in [0.25, 0.3) is 0 Å². The number of halogens is 7. The van der Waals surface area contributed by atoms with Crippen LogP contribution in [0.4, 0.5) is 30.7 Å². The monoisotopic (exact) mass is 326 g/mol. The average molecular weight is 326 g/mol. The van der Waals surface area contributed by atoms with E-state index in [1.54, 1.807) is 0 Å². The first-order valence-corrected chi connectivity index (χ1v) is 6.05. The lowest BCUT2D eigenvalue weighted by atomic mass is 10.3. The first-order chi connectivity index (χ1) is 8.81. The third kappa shape index (κ3) is 3.03. The highest BCUT2D eigenvalue weighted by atomic mass is 32.2. The van der Waals surface area contributed by atoms with Crippen LogP contribution >= 0.6 is 0 Å². The SMILES string of the molecule is O=S(=O)(OC(F)(F)C(F)(F)C(F)(F)F)c1ccccc1. The number of hydrogen-bond acceptors (Lipinski definition) is 3. The summed E-state index contributed by atoms with van der Waals surface area (Å²) in [5.41, 5.74) is 0. The largest absolute Gasteiger partial charge is 0.462 e. The Labute approximate surface area is 108 Å². The standard InChI is InChI=1S/C9H5F7O3S/c10-7(11,8(12,13)14)9(15,16)19-20(17,18)6-4-2-1-3-5-6/h1-5H. The molecule has 0 amide bonds. The summed E-state index contributed by atoms with van der Waals surface area (Å²) in [6.07, 6.45) is -13.0. The highest BCUT2D eigenvalue weighted by molar-refractivity contribution is 7.86. The van der Waals surface area contributed by atoms with Gasteiger partial charge in [-0.25, -0.2) is 0 Å². The van der Waals surface area contributed by atoms with Gasteiger partial charge >= 0.3 is 28.3 Å². The van der Waals surface area contributed by atoms with Crippen LogP contribution in [0.2, 0.25) is 0 Å². The fraction of sp³-hybridized carbons (Fsp3) is 0.333. The zero-order chi connectivity index (χ0) is 15.8. The predicted octanol–water partition coefficient (Wildman–Crippen LogP) is 3.18. The molecular weight excluding hydrogens is 321 g/mol. The summed E-state index contributed by atoms with van der Waals surface area (Å²) in [5.74, 6) is -6.66. The zero-order valence-electron chi connectivity index (χ0n) is 9.17. The fourth-order valence-corrected chi connectivity index (χ4v) is 1.96. The van der Waals surface area contributed by atoms with E-state index in [2.05, 4.69) is 4.18 Å². The molecule has 0 aliphatic carbocycles. The van der Waals surface area contributed by atoms with Gasteiger partial charge in [0.2, 0.25) is 0 Å². The minimum Gasteiger partial charge on any atom is -0.194 e. The van der Waals surface area contributed by atoms with Crippen molar-refractivity contribution in [2.24, 2.45) is 0 Å². The van der Waals surface area contributed by atoms with E-state index in [-0.39, 0.29) is 0 Å². The molecule has 0 aromatic heterocycles. The second-order valence-electron chi connectivity index (χ2n) is 3.44. The smallest absolute Gasteiger partial charge is 0.194 e. The third-order valence-corrected chi connectivity index (χ3v) is 3.25. The van der Waals surface area contributed by atoms with Crippen molar-refractivity contribution in [3.63, 3.8) is 0 Å². The summed E-state index contributed by atoms with van der Waals surface area (Å²) in [6, 6.07) is 4.72. The number of rotatable bonds is 4. The first kappa shape index (κ1) is 16.7. The molecule has 1 rings (SSSR count). The molecule has 0 aliphatic rings. The lowest BCUT2D eigenvalue weighted by molar-refractivity contribution is -0.402. The molecule has 0 unspecified atom stereocenters. The Hall–Kier alpha value is -1.36. The maximum Gasteiger partial charge on any atom is 0.462 e. The van der Waals surface area contributed by atoms with Crippen LogP contribution < -0.4 is 0 Å². The molecule has 20 heavy (non-hydrogen) atoms. The summed E-state index contributed by atoms with van der Waals surface area (Å²) in [5, 5.41) is 0. The van der Waals surface area contributed by atoms with Crippen molar-refractivity contribution in [2.75, 3.05) is 0 Å². The summed E-state index contributed by atoms with van der Waals surface area (Å²) >= 11 is 0. The van der Waals surface area contributed by atoms with Crippen LogP contribution in [-0.4, -0.2) is 26.6 Å². The molecule has 3 nitrogen and oxygen atoms in total. The Kier molecular flexibility index (Phi) is 4.07. The summed E-state index contributed by atoms with van der Waals surface area (Å²) in [4.78, 5) is -0.988. The van der Waals surface area contributed by atoms with Gasteiger partial charge in [-0.2, -0.15) is 43.3 Å². The van der Waals surface area contributed by atoms with Crippen LogP contribution in [0.25, 0.3) is 0 Å². The van der Waals surface area contributed by atoms with Crippen LogP contribution in [0.1, 0.15) is 0 Å². The van der Waals surface area contributed by atoms with Crippen molar-refractivity contribution in [1.29, 1.82) is 0 Å². The van der Waals surface area contributed by atoms with E-state index in [0.717, 1.165) is 12.1 Å². The molecular formula is C9H5F7O3S. The lowest BCUT2D eigenvalue weighted by Gasteiger charge is -2.26. The van der Waals surface area contributed by atoms with Crippen molar-refractivity contribution in [2.45, 2.75) is 23.1 Å². The predicted molar refractivity (Wildman–Crippen MR) is 50.7 cm³/mol. The van der Waals surface area contributed by atoms with Gasteiger partial charge in [0.05, 0.1) is 4.90 Å². The molecule has 0 atom stereocenters. The van der Waals surface area contributed by atoms with Crippen molar-refractivity contribution >= 4 is 10.1 Å². The van der Waals surface area contributed by atoms with Crippen LogP contribution in [0.3, 0.4) is 0 Å². The molecule has 0 N–H and O–H groups in total. The molecule has 0 spiro atoms. The highest BCUT2D eigenvalue weighted by Crippen LogP contribution is 2.48. The Morgan fingerprint density at radius 1 is 0.850 bits per heavy atom. The van der Waals surface area contributed by atoms with Crippen molar-refractivity contribution < 1.29 is 43.3 Å². The lowest BCUT2D eigenvalue weighted by Crippen LogP contribution is -2.54. The van der Waals surface area contributed by atoms with E-state index < -0.39 is 33.2 Å². The van der Waals surface area contributed by atoms with E-state index in [9.17, 15) is 39.2 Å². The van der Waals surface area contributed by atoms with Gasteiger partial charge in [-0.05, 0) is 12.1 Å². The molecule has 0 saturated carbocycles. The molecule has 0 heterocycles. The highest BCUT2D eigenvalue weighted by Gasteiger charge is 2.76. The molecule has 11 heteroatoms. The number of benzene rings is 1. The van der Waals surface area contributed by atoms with Gasteiger partial charge in [0.1, 0.15) is 0 Å². The van der Waals surface area contributed by atoms with E-state index in [1.807, 2.05) is 0 Å². The Bertz CT molecular complexity index is 565. The molecule has 0 fully saturated rings. The van der Waals surface area contributed by atoms with Gasteiger partial charge in [0, 0.05) is 0 Å². The molecule has 0 saturated heterocycles. The van der Waals surface area contributed by atoms with Crippen LogP contribution in [0.5, 0.6) is 0 Å². The summed E-state index contributed by atoms with van der Waals surface area (Å²) in [7, 11) is -5.49. The molecule has 1 aromatic carbocycles.